The van der Waals surface area contributed by atoms with Gasteiger partial charge in [0.15, 0.2) is 0 Å². The van der Waals surface area contributed by atoms with Crippen molar-refractivity contribution in [2.75, 3.05) is 31.4 Å². The summed E-state index contributed by atoms with van der Waals surface area (Å²) in [4.78, 5) is 18.0. The Morgan fingerprint density at radius 3 is 2.75 bits per heavy atom. The zero-order valence-electron chi connectivity index (χ0n) is 11.0. The van der Waals surface area contributed by atoms with Crippen LogP contribution < -0.4 is 15.0 Å². The van der Waals surface area contributed by atoms with Gasteiger partial charge in [-0.2, -0.15) is 0 Å². The number of aromatic nitrogens is 3. The first-order chi connectivity index (χ1) is 9.52. The molecule has 0 saturated heterocycles. The van der Waals surface area contributed by atoms with Crippen molar-refractivity contribution in [1.82, 2.24) is 15.2 Å². The molecule has 0 aliphatic carbocycles. The van der Waals surface area contributed by atoms with Gasteiger partial charge in [-0.15, -0.1) is 10.2 Å². The van der Waals surface area contributed by atoms with E-state index in [-0.39, 0.29) is 9.47 Å². The van der Waals surface area contributed by atoms with Crippen molar-refractivity contribution in [3.63, 3.8) is 0 Å². The van der Waals surface area contributed by atoms with Crippen LogP contribution in [0.1, 0.15) is 9.80 Å². The average molecular weight is 314 g/mol. The van der Waals surface area contributed by atoms with Crippen LogP contribution in [-0.2, 0) is 0 Å². The zero-order valence-corrected chi connectivity index (χ0v) is 12.6. The Morgan fingerprint density at radius 2 is 2.20 bits per heavy atom. The molecule has 20 heavy (non-hydrogen) atoms. The van der Waals surface area contributed by atoms with E-state index in [0.717, 1.165) is 17.0 Å². The lowest BCUT2D eigenvalue weighted by Crippen LogP contribution is -2.18. The molecule has 106 valence electrons. The quantitative estimate of drug-likeness (QED) is 0.928. The Kier molecular flexibility index (Phi) is 4.35. The average Bonchev–Trinajstić information content (AvgIpc) is 2.85. The number of hydrogen-bond donors (Lipinski definition) is 1. The summed E-state index contributed by atoms with van der Waals surface area (Å²) in [5, 5.41) is 10.2. The van der Waals surface area contributed by atoms with Crippen molar-refractivity contribution >= 4 is 40.2 Å². The lowest BCUT2D eigenvalue weighted by atomic mass is 10.3. The predicted molar refractivity (Wildman–Crippen MR) is 78.0 cm³/mol. The van der Waals surface area contributed by atoms with E-state index in [9.17, 15) is 4.79 Å². The van der Waals surface area contributed by atoms with E-state index in [1.54, 1.807) is 12.3 Å². The first-order valence-corrected chi connectivity index (χ1v) is 6.73. The summed E-state index contributed by atoms with van der Waals surface area (Å²) in [5.41, 5.74) is 1.23. The van der Waals surface area contributed by atoms with E-state index < -0.39 is 5.91 Å². The Labute approximate surface area is 124 Å². The normalized spacial score (nSPS) is 10.2. The largest absolute Gasteiger partial charge is 0.479 e. The number of methoxy groups -OCH3 is 1. The molecule has 7 nitrogen and oxygen atoms in total. The van der Waals surface area contributed by atoms with Gasteiger partial charge in [0.25, 0.3) is 5.91 Å². The van der Waals surface area contributed by atoms with E-state index in [2.05, 4.69) is 20.5 Å². The molecule has 2 rings (SSSR count). The van der Waals surface area contributed by atoms with Crippen LogP contribution in [0.25, 0.3) is 0 Å². The molecule has 9 heteroatoms. The molecule has 0 atom stereocenters. The molecule has 2 heterocycles. The summed E-state index contributed by atoms with van der Waals surface area (Å²) >= 11 is 6.67. The molecule has 2 aromatic rings. The maximum absolute atomic E-state index is 12.1. The number of nitrogens with zero attached hydrogens (tertiary/aromatic N) is 4. The lowest BCUT2D eigenvalue weighted by molar-refractivity contribution is 0.102. The third-order valence-corrected chi connectivity index (χ3v) is 3.42. The maximum atomic E-state index is 12.1. The topological polar surface area (TPSA) is 80.2 Å². The van der Waals surface area contributed by atoms with Crippen LogP contribution in [0.3, 0.4) is 0 Å². The highest BCUT2D eigenvalue weighted by Gasteiger charge is 2.18. The fourth-order valence-electron chi connectivity index (χ4n) is 1.54. The molecule has 0 aliphatic heterocycles. The van der Waals surface area contributed by atoms with Gasteiger partial charge in [0.1, 0.15) is 5.69 Å². The number of hydrogen-bond acceptors (Lipinski definition) is 7. The highest BCUT2D eigenvalue weighted by Crippen LogP contribution is 2.32. The van der Waals surface area contributed by atoms with Gasteiger partial charge in [-0.1, -0.05) is 11.3 Å². The molecule has 0 spiro atoms. The Bertz CT molecular complexity index is 631. The minimum atomic E-state index is -0.413. The van der Waals surface area contributed by atoms with Crippen molar-refractivity contribution in [1.29, 1.82) is 0 Å². The fourth-order valence-corrected chi connectivity index (χ4v) is 2.27. The number of carbonyl (C=O) groups excluding carboxylic acids is 1. The number of anilines is 2. The van der Waals surface area contributed by atoms with E-state index in [0.29, 0.717) is 11.6 Å². The van der Waals surface area contributed by atoms with Crippen molar-refractivity contribution in [2.45, 2.75) is 0 Å². The Morgan fingerprint density at radius 1 is 1.45 bits per heavy atom. The summed E-state index contributed by atoms with van der Waals surface area (Å²) < 4.78 is 5.38. The smallest absolute Gasteiger partial charge is 0.286 e. The molecule has 1 amide bonds. The summed E-state index contributed by atoms with van der Waals surface area (Å²) in [6, 6.07) is 1.77. The molecule has 0 unspecified atom stereocenters. The lowest BCUT2D eigenvalue weighted by Gasteiger charge is -2.18. The van der Waals surface area contributed by atoms with Gasteiger partial charge in [-0.25, -0.2) is 4.98 Å². The maximum Gasteiger partial charge on any atom is 0.286 e. The molecule has 0 radical (unpaired) electrons. The standard InChI is InChI=1S/C11H12ClN5O2S/c1-17(2)6-4-5-13-9(19-3)7(6)14-8(18)10-15-16-11(12)20-10/h4-5H,1-3H3,(H,14,18). The van der Waals surface area contributed by atoms with Crippen molar-refractivity contribution < 1.29 is 9.53 Å². The monoisotopic (exact) mass is 313 g/mol. The summed E-state index contributed by atoms with van der Waals surface area (Å²) in [7, 11) is 5.19. The van der Waals surface area contributed by atoms with Gasteiger partial charge < -0.3 is 15.0 Å². The number of rotatable bonds is 4. The van der Waals surface area contributed by atoms with E-state index in [4.69, 9.17) is 16.3 Å². The van der Waals surface area contributed by atoms with Gasteiger partial charge in [0.2, 0.25) is 15.4 Å². The molecule has 0 fully saturated rings. The van der Waals surface area contributed by atoms with Crippen LogP contribution in [-0.4, -0.2) is 42.3 Å². The number of nitrogens with one attached hydrogen (secondary N) is 1. The van der Waals surface area contributed by atoms with Crippen molar-refractivity contribution in [3.8, 4) is 5.88 Å². The molecule has 0 aliphatic rings. The van der Waals surface area contributed by atoms with Gasteiger partial charge in [0, 0.05) is 20.3 Å². The molecule has 0 bridgehead atoms. The first kappa shape index (κ1) is 14.5. The number of halogens is 1. The third-order valence-electron chi connectivity index (χ3n) is 2.40. The van der Waals surface area contributed by atoms with Gasteiger partial charge in [-0.05, 0) is 17.7 Å². The number of ether oxygens (including phenoxy) is 1. The predicted octanol–water partition coefficient (Wildman–Crippen LogP) is 1.91. The molecular weight excluding hydrogens is 302 g/mol. The second-order valence-electron chi connectivity index (χ2n) is 3.92. The molecule has 0 aromatic carbocycles. The summed E-state index contributed by atoms with van der Waals surface area (Å²) in [5.74, 6) is -0.0936. The van der Waals surface area contributed by atoms with E-state index in [1.807, 2.05) is 19.0 Å². The van der Waals surface area contributed by atoms with Crippen LogP contribution in [0, 0.1) is 0 Å². The van der Waals surface area contributed by atoms with Crippen molar-refractivity contribution in [3.05, 3.63) is 21.7 Å². The second-order valence-corrected chi connectivity index (χ2v) is 5.48. The molecular formula is C11H12ClN5O2S. The van der Waals surface area contributed by atoms with Crippen LogP contribution in [0.2, 0.25) is 4.47 Å². The third kappa shape index (κ3) is 2.97. The highest BCUT2D eigenvalue weighted by atomic mass is 35.5. The van der Waals surface area contributed by atoms with Crippen LogP contribution in [0.15, 0.2) is 12.3 Å². The van der Waals surface area contributed by atoms with Crippen molar-refractivity contribution in [2.24, 2.45) is 0 Å². The first-order valence-electron chi connectivity index (χ1n) is 5.53. The molecule has 0 saturated carbocycles. The minimum absolute atomic E-state index is 0.172. The number of amides is 1. The van der Waals surface area contributed by atoms with Crippen LogP contribution in [0.4, 0.5) is 11.4 Å². The molecule has 2 aromatic heterocycles. The van der Waals surface area contributed by atoms with E-state index in [1.165, 1.54) is 7.11 Å². The minimum Gasteiger partial charge on any atom is -0.479 e. The number of pyridine rings is 1. The van der Waals surface area contributed by atoms with Crippen LogP contribution >= 0.6 is 22.9 Å². The van der Waals surface area contributed by atoms with E-state index >= 15 is 0 Å². The summed E-state index contributed by atoms with van der Waals surface area (Å²) in [6.45, 7) is 0. The Hall–Kier alpha value is -1.93. The zero-order chi connectivity index (χ0) is 14.7. The van der Waals surface area contributed by atoms with Gasteiger partial charge in [0.05, 0.1) is 12.8 Å². The fraction of sp³-hybridized carbons (Fsp3) is 0.273. The molecule has 1 N–H and O–H groups in total. The SMILES string of the molecule is COc1nccc(N(C)C)c1NC(=O)c1nnc(Cl)s1. The summed E-state index contributed by atoms with van der Waals surface area (Å²) in [6.07, 6.45) is 1.60. The number of carbonyl (C=O) groups is 1. The highest BCUT2D eigenvalue weighted by molar-refractivity contribution is 7.17. The van der Waals surface area contributed by atoms with Gasteiger partial charge >= 0.3 is 0 Å². The van der Waals surface area contributed by atoms with Crippen LogP contribution in [0.5, 0.6) is 5.88 Å². The van der Waals surface area contributed by atoms with Gasteiger partial charge in [-0.3, -0.25) is 4.79 Å². The second kappa shape index (κ2) is 6.02. The Balaban J connectivity index is 2.34.